The van der Waals surface area contributed by atoms with E-state index in [0.717, 1.165) is 10.4 Å². The van der Waals surface area contributed by atoms with Gasteiger partial charge in [0.1, 0.15) is 0 Å². The van der Waals surface area contributed by atoms with Gasteiger partial charge >= 0.3 is 6.03 Å². The van der Waals surface area contributed by atoms with Crippen LogP contribution >= 0.6 is 34.5 Å². The fourth-order valence-corrected chi connectivity index (χ4v) is 3.47. The minimum Gasteiger partial charge on any atom is -0.378 e. The van der Waals surface area contributed by atoms with E-state index >= 15 is 0 Å². The van der Waals surface area contributed by atoms with E-state index in [4.69, 9.17) is 27.9 Å². The van der Waals surface area contributed by atoms with Crippen LogP contribution in [0.25, 0.3) is 0 Å². The summed E-state index contributed by atoms with van der Waals surface area (Å²) in [6, 6.07) is 5.41. The summed E-state index contributed by atoms with van der Waals surface area (Å²) in [7, 11) is 0. The van der Waals surface area contributed by atoms with Crippen LogP contribution in [0.5, 0.6) is 0 Å². The zero-order valence-electron chi connectivity index (χ0n) is 12.2. The summed E-state index contributed by atoms with van der Waals surface area (Å²) in [4.78, 5) is 19.1. The molecule has 5 nitrogen and oxygen atoms in total. The highest BCUT2D eigenvalue weighted by molar-refractivity contribution is 7.15. The first-order valence-corrected chi connectivity index (χ1v) is 8.72. The van der Waals surface area contributed by atoms with E-state index in [1.165, 1.54) is 11.3 Å². The van der Waals surface area contributed by atoms with E-state index in [1.54, 1.807) is 17.2 Å². The number of aromatic nitrogens is 1. The fraction of sp³-hybridized carbons (Fsp3) is 0.333. The average Bonchev–Trinajstić information content (AvgIpc) is 3.00. The van der Waals surface area contributed by atoms with Crippen LogP contribution in [0.4, 0.5) is 9.93 Å². The Kier molecular flexibility index (Phi) is 5.38. The molecule has 1 aliphatic heterocycles. The minimum atomic E-state index is -0.144. The van der Waals surface area contributed by atoms with Crippen molar-refractivity contribution in [3.8, 4) is 0 Å². The minimum absolute atomic E-state index is 0.144. The summed E-state index contributed by atoms with van der Waals surface area (Å²) in [6.45, 7) is 2.35. The predicted octanol–water partition coefficient (Wildman–Crippen LogP) is 3.90. The molecule has 1 N–H and O–H groups in total. The number of hydrogen-bond donors (Lipinski definition) is 1. The molecule has 0 unspecified atom stereocenters. The smallest absolute Gasteiger partial charge is 0.323 e. The Balaban J connectivity index is 1.63. The lowest BCUT2D eigenvalue weighted by Gasteiger charge is -2.26. The van der Waals surface area contributed by atoms with Gasteiger partial charge in [0, 0.05) is 30.6 Å². The van der Waals surface area contributed by atoms with Crippen molar-refractivity contribution >= 4 is 45.7 Å². The Morgan fingerprint density at radius 2 is 2.13 bits per heavy atom. The summed E-state index contributed by atoms with van der Waals surface area (Å²) < 4.78 is 5.23. The average molecular weight is 372 g/mol. The number of carbonyl (C=O) groups excluding carboxylic acids is 1. The molecule has 23 heavy (non-hydrogen) atoms. The molecule has 1 aromatic carbocycles. The Morgan fingerprint density at radius 3 is 2.91 bits per heavy atom. The number of nitrogens with one attached hydrogen (secondary N) is 1. The highest BCUT2D eigenvalue weighted by atomic mass is 35.5. The first kappa shape index (κ1) is 16.5. The quantitative estimate of drug-likeness (QED) is 0.889. The van der Waals surface area contributed by atoms with Crippen LogP contribution in [0, 0.1) is 0 Å². The Bertz CT molecular complexity index is 702. The van der Waals surface area contributed by atoms with Gasteiger partial charge in [-0.1, -0.05) is 35.3 Å². The van der Waals surface area contributed by atoms with Gasteiger partial charge in [0.15, 0.2) is 5.13 Å². The summed E-state index contributed by atoms with van der Waals surface area (Å²) in [5.74, 6) is 0. The Labute approximate surface area is 148 Å². The predicted molar refractivity (Wildman–Crippen MR) is 92.8 cm³/mol. The molecular formula is C15H15Cl2N3O2S. The molecular weight excluding hydrogens is 357 g/mol. The first-order valence-electron chi connectivity index (χ1n) is 7.15. The van der Waals surface area contributed by atoms with E-state index in [9.17, 15) is 4.79 Å². The SMILES string of the molecule is O=C(Nc1ncc(Cc2cccc(Cl)c2Cl)s1)N1CCOCC1. The van der Waals surface area contributed by atoms with Gasteiger partial charge in [-0.3, -0.25) is 5.32 Å². The van der Waals surface area contributed by atoms with Crippen molar-refractivity contribution in [1.82, 2.24) is 9.88 Å². The zero-order chi connectivity index (χ0) is 16.2. The molecule has 2 heterocycles. The molecule has 2 amide bonds. The van der Waals surface area contributed by atoms with Crippen molar-refractivity contribution in [1.29, 1.82) is 0 Å². The maximum atomic E-state index is 12.1. The van der Waals surface area contributed by atoms with E-state index in [2.05, 4.69) is 10.3 Å². The second-order valence-electron chi connectivity index (χ2n) is 5.05. The number of urea groups is 1. The third-order valence-electron chi connectivity index (χ3n) is 3.46. The number of amides is 2. The maximum absolute atomic E-state index is 12.1. The third kappa shape index (κ3) is 4.14. The van der Waals surface area contributed by atoms with Crippen molar-refractivity contribution in [3.63, 3.8) is 0 Å². The summed E-state index contributed by atoms with van der Waals surface area (Å²) in [6.07, 6.45) is 2.38. The molecule has 0 aliphatic carbocycles. The van der Waals surface area contributed by atoms with Crippen molar-refractivity contribution in [2.24, 2.45) is 0 Å². The molecule has 3 rings (SSSR count). The van der Waals surface area contributed by atoms with Gasteiger partial charge in [-0.2, -0.15) is 0 Å². The number of thiazole rings is 1. The molecule has 0 saturated carbocycles. The molecule has 1 saturated heterocycles. The normalized spacial score (nSPS) is 14.8. The van der Waals surface area contributed by atoms with E-state index < -0.39 is 0 Å². The van der Waals surface area contributed by atoms with Crippen LogP contribution in [0.3, 0.4) is 0 Å². The molecule has 1 fully saturated rings. The third-order valence-corrected chi connectivity index (χ3v) is 5.23. The summed E-state index contributed by atoms with van der Waals surface area (Å²) in [5, 5.41) is 4.50. The number of carbonyl (C=O) groups is 1. The van der Waals surface area contributed by atoms with E-state index in [-0.39, 0.29) is 6.03 Å². The number of hydrogen-bond acceptors (Lipinski definition) is 4. The molecule has 0 radical (unpaired) electrons. The second kappa shape index (κ2) is 7.49. The zero-order valence-corrected chi connectivity index (χ0v) is 14.5. The van der Waals surface area contributed by atoms with Gasteiger partial charge in [-0.25, -0.2) is 9.78 Å². The van der Waals surface area contributed by atoms with Crippen molar-refractivity contribution in [3.05, 3.63) is 44.9 Å². The molecule has 122 valence electrons. The van der Waals surface area contributed by atoms with Crippen LogP contribution in [0.1, 0.15) is 10.4 Å². The maximum Gasteiger partial charge on any atom is 0.323 e. The van der Waals surface area contributed by atoms with Crippen LogP contribution < -0.4 is 5.32 Å². The second-order valence-corrected chi connectivity index (χ2v) is 6.95. The highest BCUT2D eigenvalue weighted by Gasteiger charge is 2.18. The number of rotatable bonds is 3. The van der Waals surface area contributed by atoms with E-state index in [0.29, 0.717) is 47.9 Å². The highest BCUT2D eigenvalue weighted by Crippen LogP contribution is 2.29. The molecule has 0 bridgehead atoms. The Morgan fingerprint density at radius 1 is 1.35 bits per heavy atom. The lowest BCUT2D eigenvalue weighted by atomic mass is 10.1. The lowest BCUT2D eigenvalue weighted by molar-refractivity contribution is 0.0564. The lowest BCUT2D eigenvalue weighted by Crippen LogP contribution is -2.43. The van der Waals surface area contributed by atoms with Gasteiger partial charge in [0.05, 0.1) is 23.3 Å². The molecule has 0 atom stereocenters. The van der Waals surface area contributed by atoms with Gasteiger partial charge < -0.3 is 9.64 Å². The van der Waals surface area contributed by atoms with Gasteiger partial charge in [-0.15, -0.1) is 11.3 Å². The van der Waals surface area contributed by atoms with Crippen molar-refractivity contribution < 1.29 is 9.53 Å². The van der Waals surface area contributed by atoms with Crippen molar-refractivity contribution in [2.75, 3.05) is 31.6 Å². The number of anilines is 1. The molecule has 8 heteroatoms. The fourth-order valence-electron chi connectivity index (χ4n) is 2.26. The standard InChI is InChI=1S/C15H15Cl2N3O2S/c16-12-3-1-2-10(13(12)17)8-11-9-18-14(23-11)19-15(21)20-4-6-22-7-5-20/h1-3,9H,4-8H2,(H,18,19,21). The number of morpholine rings is 1. The largest absolute Gasteiger partial charge is 0.378 e. The first-order chi connectivity index (χ1) is 11.1. The molecule has 1 aromatic heterocycles. The summed E-state index contributed by atoms with van der Waals surface area (Å²) in [5.41, 5.74) is 0.939. The number of nitrogens with zero attached hydrogens (tertiary/aromatic N) is 2. The van der Waals surface area contributed by atoms with Crippen LogP contribution in [0.15, 0.2) is 24.4 Å². The molecule has 2 aromatic rings. The molecule has 0 spiro atoms. The van der Waals surface area contributed by atoms with Crippen LogP contribution in [-0.4, -0.2) is 42.2 Å². The van der Waals surface area contributed by atoms with Crippen LogP contribution in [0.2, 0.25) is 10.0 Å². The summed E-state index contributed by atoms with van der Waals surface area (Å²) >= 11 is 13.7. The van der Waals surface area contributed by atoms with Crippen molar-refractivity contribution in [2.45, 2.75) is 6.42 Å². The number of ether oxygens (including phenoxy) is 1. The monoisotopic (exact) mass is 371 g/mol. The van der Waals surface area contributed by atoms with Gasteiger partial charge in [0.2, 0.25) is 0 Å². The topological polar surface area (TPSA) is 54.5 Å². The van der Waals surface area contributed by atoms with Gasteiger partial charge in [0.25, 0.3) is 0 Å². The Hall–Kier alpha value is -1.34. The van der Waals surface area contributed by atoms with Crippen LogP contribution in [-0.2, 0) is 11.2 Å². The van der Waals surface area contributed by atoms with Gasteiger partial charge in [-0.05, 0) is 11.6 Å². The van der Waals surface area contributed by atoms with E-state index in [1.807, 2.05) is 12.1 Å². The number of benzene rings is 1. The number of halogens is 2. The molecule has 1 aliphatic rings.